The van der Waals surface area contributed by atoms with E-state index in [9.17, 15) is 0 Å². The first-order chi connectivity index (χ1) is 13.7. The third kappa shape index (κ3) is 5.63. The zero-order chi connectivity index (χ0) is 19.8. The van der Waals surface area contributed by atoms with E-state index in [2.05, 4.69) is 17.3 Å². The van der Waals surface area contributed by atoms with Gasteiger partial charge in [0.15, 0.2) is 11.5 Å². The summed E-state index contributed by atoms with van der Waals surface area (Å²) in [4.78, 5) is 2.40. The van der Waals surface area contributed by atoms with Gasteiger partial charge in [0.05, 0.1) is 14.2 Å². The van der Waals surface area contributed by atoms with Crippen molar-refractivity contribution >= 4 is 0 Å². The first kappa shape index (κ1) is 20.5. The second-order valence-corrected chi connectivity index (χ2v) is 7.48. The minimum atomic E-state index is 0.473. The molecule has 0 aromatic heterocycles. The van der Waals surface area contributed by atoms with Crippen LogP contribution in [0.25, 0.3) is 0 Å². The number of hydrogen-bond donors (Lipinski definition) is 1. The van der Waals surface area contributed by atoms with Gasteiger partial charge in [-0.3, -0.25) is 0 Å². The first-order valence-corrected chi connectivity index (χ1v) is 10.0. The zero-order valence-corrected chi connectivity index (χ0v) is 17.2. The Morgan fingerprint density at radius 1 is 0.964 bits per heavy atom. The molecule has 0 bridgehead atoms. The lowest BCUT2D eigenvalue weighted by atomic mass is 9.97. The minimum Gasteiger partial charge on any atom is -0.493 e. The van der Waals surface area contributed by atoms with Crippen LogP contribution < -0.4 is 19.5 Å². The van der Waals surface area contributed by atoms with Crippen LogP contribution in [0.1, 0.15) is 24.0 Å². The summed E-state index contributed by atoms with van der Waals surface area (Å²) in [6, 6.07) is 14.2. The average Bonchev–Trinajstić information content (AvgIpc) is 2.74. The Morgan fingerprint density at radius 3 is 2.21 bits per heavy atom. The number of hydrogen-bond acceptors (Lipinski definition) is 5. The lowest BCUT2D eigenvalue weighted by Gasteiger charge is -2.29. The highest BCUT2D eigenvalue weighted by Gasteiger charge is 2.17. The molecule has 0 atom stereocenters. The monoisotopic (exact) mass is 384 g/mol. The summed E-state index contributed by atoms with van der Waals surface area (Å²) in [5.74, 6) is 2.80. The first-order valence-electron chi connectivity index (χ1n) is 10.0. The van der Waals surface area contributed by atoms with Crippen LogP contribution in [-0.4, -0.2) is 45.8 Å². The van der Waals surface area contributed by atoms with E-state index in [0.717, 1.165) is 30.1 Å². The van der Waals surface area contributed by atoms with Crippen molar-refractivity contribution in [1.29, 1.82) is 0 Å². The molecule has 0 unspecified atom stereocenters. The van der Waals surface area contributed by atoms with E-state index in [0.29, 0.717) is 23.9 Å². The molecule has 5 nitrogen and oxygen atoms in total. The molecule has 5 heteroatoms. The fourth-order valence-electron chi connectivity index (χ4n) is 3.60. The maximum absolute atomic E-state index is 6.03. The second kappa shape index (κ2) is 10.3. The maximum atomic E-state index is 6.03. The second-order valence-electron chi connectivity index (χ2n) is 7.48. The maximum Gasteiger partial charge on any atom is 0.203 e. The molecule has 152 valence electrons. The van der Waals surface area contributed by atoms with Crippen molar-refractivity contribution < 1.29 is 14.2 Å². The largest absolute Gasteiger partial charge is 0.493 e. The molecule has 2 aromatic rings. The molecule has 1 saturated heterocycles. The molecular weight excluding hydrogens is 352 g/mol. The molecule has 1 N–H and O–H groups in total. The summed E-state index contributed by atoms with van der Waals surface area (Å²) in [6.07, 6.45) is 2.53. The summed E-state index contributed by atoms with van der Waals surface area (Å²) in [5, 5.41) is 3.60. The van der Waals surface area contributed by atoms with E-state index < -0.39 is 0 Å². The van der Waals surface area contributed by atoms with Crippen LogP contribution in [0.4, 0.5) is 0 Å². The van der Waals surface area contributed by atoms with E-state index in [4.69, 9.17) is 14.2 Å². The van der Waals surface area contributed by atoms with Gasteiger partial charge in [-0.1, -0.05) is 30.3 Å². The van der Waals surface area contributed by atoms with Gasteiger partial charge in [0.25, 0.3) is 0 Å². The number of nitrogens with zero attached hydrogens (tertiary/aromatic N) is 1. The van der Waals surface area contributed by atoms with Gasteiger partial charge in [0.2, 0.25) is 5.75 Å². The van der Waals surface area contributed by atoms with E-state index in [1.54, 1.807) is 14.2 Å². The molecule has 1 heterocycles. The van der Waals surface area contributed by atoms with Gasteiger partial charge in [-0.15, -0.1) is 0 Å². The Kier molecular flexibility index (Phi) is 7.57. The number of ether oxygens (including phenoxy) is 3. The number of nitrogens with one attached hydrogen (secondary N) is 1. The van der Waals surface area contributed by atoms with E-state index >= 15 is 0 Å². The summed E-state index contributed by atoms with van der Waals surface area (Å²) < 4.78 is 17.2. The molecule has 0 aliphatic carbocycles. The molecule has 2 aromatic carbocycles. The van der Waals surface area contributed by atoms with Crippen molar-refractivity contribution in [3.8, 4) is 17.2 Å². The minimum absolute atomic E-state index is 0.473. The van der Waals surface area contributed by atoms with Crippen LogP contribution in [0, 0.1) is 5.92 Å². The standard InChI is InChI=1S/C23H32N2O3/c1-25-11-9-18(10-12-25)15-24-16-20-13-21(26-2)23(22(14-20)27-3)28-17-19-7-5-4-6-8-19/h4-8,13-14,18,24H,9-12,15-17H2,1-3H3. The van der Waals surface area contributed by atoms with E-state index in [1.165, 1.54) is 25.9 Å². The predicted molar refractivity (Wildman–Crippen MR) is 112 cm³/mol. The van der Waals surface area contributed by atoms with Crippen molar-refractivity contribution in [2.24, 2.45) is 5.92 Å². The quantitative estimate of drug-likeness (QED) is 0.714. The van der Waals surface area contributed by atoms with Crippen molar-refractivity contribution in [1.82, 2.24) is 10.2 Å². The molecule has 28 heavy (non-hydrogen) atoms. The van der Waals surface area contributed by atoms with Crippen LogP contribution in [0.2, 0.25) is 0 Å². The molecule has 1 aliphatic heterocycles. The van der Waals surface area contributed by atoms with Gasteiger partial charge < -0.3 is 24.4 Å². The molecule has 0 spiro atoms. The number of piperidine rings is 1. The summed E-state index contributed by atoms with van der Waals surface area (Å²) in [6.45, 7) is 4.70. The normalized spacial score (nSPS) is 15.4. The van der Waals surface area contributed by atoms with E-state index in [-0.39, 0.29) is 0 Å². The van der Waals surface area contributed by atoms with Gasteiger partial charge in [0.1, 0.15) is 6.61 Å². The molecule has 1 fully saturated rings. The fraction of sp³-hybridized carbons (Fsp3) is 0.478. The Balaban J connectivity index is 1.61. The van der Waals surface area contributed by atoms with Crippen LogP contribution in [-0.2, 0) is 13.2 Å². The highest BCUT2D eigenvalue weighted by atomic mass is 16.5. The zero-order valence-electron chi connectivity index (χ0n) is 17.2. The van der Waals surface area contributed by atoms with Gasteiger partial charge in [0, 0.05) is 6.54 Å². The van der Waals surface area contributed by atoms with Crippen molar-refractivity contribution in [2.75, 3.05) is 40.9 Å². The van der Waals surface area contributed by atoms with Gasteiger partial charge in [-0.2, -0.15) is 0 Å². The molecule has 0 radical (unpaired) electrons. The number of rotatable bonds is 9. The SMILES string of the molecule is COc1cc(CNCC2CCN(C)CC2)cc(OC)c1OCc1ccccc1. The molecule has 0 saturated carbocycles. The lowest BCUT2D eigenvalue weighted by molar-refractivity contribution is 0.216. The van der Waals surface area contributed by atoms with Gasteiger partial charge in [-0.05, 0) is 68.7 Å². The average molecular weight is 385 g/mol. The molecular formula is C23H32N2O3. The van der Waals surface area contributed by atoms with Crippen LogP contribution in [0.15, 0.2) is 42.5 Å². The van der Waals surface area contributed by atoms with Crippen molar-refractivity contribution in [2.45, 2.75) is 26.0 Å². The highest BCUT2D eigenvalue weighted by Crippen LogP contribution is 2.39. The molecule has 3 rings (SSSR count). The lowest BCUT2D eigenvalue weighted by Crippen LogP contribution is -2.34. The van der Waals surface area contributed by atoms with Crippen LogP contribution in [0.5, 0.6) is 17.2 Å². The summed E-state index contributed by atoms with van der Waals surface area (Å²) in [7, 11) is 5.53. The highest BCUT2D eigenvalue weighted by molar-refractivity contribution is 5.54. The van der Waals surface area contributed by atoms with E-state index in [1.807, 2.05) is 42.5 Å². The Bertz CT molecular complexity index is 703. The molecule has 0 amide bonds. The Labute approximate surface area is 168 Å². The number of likely N-dealkylation sites (tertiary alicyclic amines) is 1. The van der Waals surface area contributed by atoms with Crippen molar-refractivity contribution in [3.63, 3.8) is 0 Å². The Morgan fingerprint density at radius 2 is 1.61 bits per heavy atom. The van der Waals surface area contributed by atoms with Gasteiger partial charge in [-0.25, -0.2) is 0 Å². The van der Waals surface area contributed by atoms with Crippen LogP contribution in [0.3, 0.4) is 0 Å². The summed E-state index contributed by atoms with van der Waals surface area (Å²) >= 11 is 0. The number of methoxy groups -OCH3 is 2. The topological polar surface area (TPSA) is 43.0 Å². The Hall–Kier alpha value is -2.24. The molecule has 1 aliphatic rings. The van der Waals surface area contributed by atoms with Crippen molar-refractivity contribution in [3.05, 3.63) is 53.6 Å². The smallest absolute Gasteiger partial charge is 0.203 e. The fourth-order valence-corrected chi connectivity index (χ4v) is 3.60. The summed E-state index contributed by atoms with van der Waals surface area (Å²) in [5.41, 5.74) is 2.24. The third-order valence-corrected chi connectivity index (χ3v) is 5.35. The van der Waals surface area contributed by atoms with Gasteiger partial charge >= 0.3 is 0 Å². The number of benzene rings is 2. The predicted octanol–water partition coefficient (Wildman–Crippen LogP) is 3.71. The third-order valence-electron chi connectivity index (χ3n) is 5.35. The van der Waals surface area contributed by atoms with Crippen LogP contribution >= 0.6 is 0 Å².